The Morgan fingerprint density at radius 2 is 2.40 bits per heavy atom. The molecule has 110 valence electrons. The number of nitrogens with zero attached hydrogens (tertiary/aromatic N) is 2. The van der Waals surface area contributed by atoms with Gasteiger partial charge in [0.05, 0.1) is 28.2 Å². The van der Waals surface area contributed by atoms with E-state index in [0.717, 1.165) is 12.6 Å². The third-order valence-electron chi connectivity index (χ3n) is 3.11. The van der Waals surface area contributed by atoms with Gasteiger partial charge in [0.15, 0.2) is 0 Å². The molecule has 20 heavy (non-hydrogen) atoms. The second-order valence-electron chi connectivity index (χ2n) is 4.59. The summed E-state index contributed by atoms with van der Waals surface area (Å²) in [6.45, 7) is 2.61. The zero-order valence-corrected chi connectivity index (χ0v) is 12.5. The highest BCUT2D eigenvalue weighted by Crippen LogP contribution is 2.32. The van der Waals surface area contributed by atoms with Crippen LogP contribution in [0.4, 0.5) is 15.8 Å². The minimum atomic E-state index is -0.649. The van der Waals surface area contributed by atoms with Crippen molar-refractivity contribution in [3.05, 3.63) is 32.5 Å². The fourth-order valence-electron chi connectivity index (χ4n) is 2.12. The molecule has 2 rings (SSSR count). The molecule has 1 fully saturated rings. The number of nitro benzene ring substituents is 1. The van der Waals surface area contributed by atoms with E-state index in [4.69, 9.17) is 4.74 Å². The largest absolute Gasteiger partial charge is 0.374 e. The van der Waals surface area contributed by atoms with Crippen LogP contribution in [0.25, 0.3) is 0 Å². The van der Waals surface area contributed by atoms with Crippen LogP contribution in [0.1, 0.15) is 0 Å². The number of nitro groups is 1. The van der Waals surface area contributed by atoms with E-state index >= 15 is 0 Å². The van der Waals surface area contributed by atoms with Gasteiger partial charge in [-0.25, -0.2) is 4.39 Å². The molecule has 1 unspecified atom stereocenters. The number of halogens is 2. The van der Waals surface area contributed by atoms with Gasteiger partial charge in [0, 0.05) is 26.7 Å². The SMILES string of the molecule is CN(CC1CNCCO1)c1cc(Br)c(F)cc1[N+](=O)[O-]. The highest BCUT2D eigenvalue weighted by molar-refractivity contribution is 9.10. The Morgan fingerprint density at radius 1 is 1.65 bits per heavy atom. The van der Waals surface area contributed by atoms with E-state index in [-0.39, 0.29) is 16.3 Å². The molecule has 8 heteroatoms. The number of likely N-dealkylation sites (N-methyl/N-ethyl adjacent to an activating group) is 1. The molecule has 1 aliphatic heterocycles. The monoisotopic (exact) mass is 347 g/mol. The van der Waals surface area contributed by atoms with E-state index in [9.17, 15) is 14.5 Å². The maximum absolute atomic E-state index is 13.4. The van der Waals surface area contributed by atoms with Gasteiger partial charge >= 0.3 is 0 Å². The van der Waals surface area contributed by atoms with E-state index in [1.807, 2.05) is 0 Å². The Labute approximate surface area is 124 Å². The number of benzene rings is 1. The summed E-state index contributed by atoms with van der Waals surface area (Å²) >= 11 is 3.05. The summed E-state index contributed by atoms with van der Waals surface area (Å²) < 4.78 is 19.2. The molecule has 1 atom stereocenters. The zero-order valence-electron chi connectivity index (χ0n) is 10.9. The van der Waals surface area contributed by atoms with Gasteiger partial charge in [0.25, 0.3) is 5.69 Å². The van der Waals surface area contributed by atoms with Gasteiger partial charge < -0.3 is 15.0 Å². The van der Waals surface area contributed by atoms with Crippen molar-refractivity contribution in [1.29, 1.82) is 0 Å². The molecule has 1 saturated heterocycles. The molecule has 1 aromatic rings. The highest BCUT2D eigenvalue weighted by Gasteiger charge is 2.23. The molecule has 0 radical (unpaired) electrons. The number of hydrogen-bond donors (Lipinski definition) is 1. The number of nitrogens with one attached hydrogen (secondary N) is 1. The van der Waals surface area contributed by atoms with Gasteiger partial charge in [-0.05, 0) is 22.0 Å². The summed E-state index contributed by atoms with van der Waals surface area (Å²) in [5.41, 5.74) is 0.106. The molecular weight excluding hydrogens is 333 g/mol. The first-order valence-corrected chi connectivity index (χ1v) is 6.95. The van der Waals surface area contributed by atoms with Crippen LogP contribution >= 0.6 is 15.9 Å². The lowest BCUT2D eigenvalue weighted by molar-refractivity contribution is -0.384. The predicted molar refractivity (Wildman–Crippen MR) is 76.6 cm³/mol. The second kappa shape index (κ2) is 6.47. The zero-order chi connectivity index (χ0) is 14.7. The Kier molecular flexibility index (Phi) is 4.90. The smallest absolute Gasteiger partial charge is 0.295 e. The van der Waals surface area contributed by atoms with Crippen LogP contribution in [-0.4, -0.2) is 44.3 Å². The second-order valence-corrected chi connectivity index (χ2v) is 5.44. The average molecular weight is 348 g/mol. The summed E-state index contributed by atoms with van der Waals surface area (Å²) in [6, 6.07) is 2.35. The standard InChI is InChI=1S/C12H15BrFN3O3/c1-16(7-8-6-15-2-3-20-8)11-4-9(13)10(14)5-12(11)17(18)19/h4-5,8,15H,2-3,6-7H2,1H3. The van der Waals surface area contributed by atoms with Crippen molar-refractivity contribution in [2.75, 3.05) is 38.2 Å². The fourth-order valence-corrected chi connectivity index (χ4v) is 2.45. The number of hydrogen-bond acceptors (Lipinski definition) is 5. The van der Waals surface area contributed by atoms with E-state index in [0.29, 0.717) is 25.4 Å². The molecule has 0 saturated carbocycles. The lowest BCUT2D eigenvalue weighted by Gasteiger charge is -2.29. The molecule has 0 aliphatic carbocycles. The van der Waals surface area contributed by atoms with E-state index < -0.39 is 10.7 Å². The first-order valence-electron chi connectivity index (χ1n) is 6.16. The van der Waals surface area contributed by atoms with Crippen molar-refractivity contribution in [1.82, 2.24) is 5.32 Å². The molecule has 0 spiro atoms. The van der Waals surface area contributed by atoms with Crippen molar-refractivity contribution >= 4 is 27.3 Å². The molecule has 1 aliphatic rings. The first-order chi connectivity index (χ1) is 9.49. The molecule has 0 aromatic heterocycles. The Balaban J connectivity index is 2.21. The Hall–Kier alpha value is -1.25. The minimum absolute atomic E-state index is 0.0443. The van der Waals surface area contributed by atoms with Crippen LogP contribution in [0.5, 0.6) is 0 Å². The molecule has 1 N–H and O–H groups in total. The van der Waals surface area contributed by atoms with Gasteiger partial charge in [-0.15, -0.1) is 0 Å². The normalized spacial score (nSPS) is 18.9. The van der Waals surface area contributed by atoms with Crippen molar-refractivity contribution in [3.63, 3.8) is 0 Å². The van der Waals surface area contributed by atoms with E-state index in [1.54, 1.807) is 11.9 Å². The van der Waals surface area contributed by atoms with Crippen LogP contribution < -0.4 is 10.2 Å². The van der Waals surface area contributed by atoms with E-state index in [1.165, 1.54) is 6.07 Å². The van der Waals surface area contributed by atoms with Crippen molar-refractivity contribution in [3.8, 4) is 0 Å². The number of ether oxygens (including phenoxy) is 1. The summed E-state index contributed by atoms with van der Waals surface area (Å²) in [4.78, 5) is 12.2. The van der Waals surface area contributed by atoms with Crippen LogP contribution in [0.3, 0.4) is 0 Å². The predicted octanol–water partition coefficient (Wildman–Crippen LogP) is 1.92. The maximum atomic E-state index is 13.4. The highest BCUT2D eigenvalue weighted by atomic mass is 79.9. The van der Waals surface area contributed by atoms with Crippen LogP contribution in [0.15, 0.2) is 16.6 Å². The molecule has 1 aromatic carbocycles. The lowest BCUT2D eigenvalue weighted by Crippen LogP contribution is -2.44. The average Bonchev–Trinajstić information content (AvgIpc) is 2.42. The van der Waals surface area contributed by atoms with Crippen molar-refractivity contribution < 1.29 is 14.1 Å². The number of rotatable bonds is 4. The molecular formula is C12H15BrFN3O3. The van der Waals surface area contributed by atoms with Gasteiger partial charge in [0.2, 0.25) is 0 Å². The summed E-state index contributed by atoms with van der Waals surface area (Å²) in [6.07, 6.45) is -0.0443. The molecule has 0 amide bonds. The van der Waals surface area contributed by atoms with E-state index in [2.05, 4.69) is 21.2 Å². The van der Waals surface area contributed by atoms with Crippen LogP contribution in [-0.2, 0) is 4.74 Å². The molecule has 6 nitrogen and oxygen atoms in total. The minimum Gasteiger partial charge on any atom is -0.374 e. The van der Waals surface area contributed by atoms with Crippen LogP contribution in [0, 0.1) is 15.9 Å². The van der Waals surface area contributed by atoms with Gasteiger partial charge in [-0.1, -0.05) is 0 Å². The lowest BCUT2D eigenvalue weighted by atomic mass is 10.2. The third-order valence-corrected chi connectivity index (χ3v) is 3.72. The van der Waals surface area contributed by atoms with Gasteiger partial charge in [-0.3, -0.25) is 10.1 Å². The number of anilines is 1. The Bertz CT molecular complexity index is 509. The van der Waals surface area contributed by atoms with Gasteiger partial charge in [-0.2, -0.15) is 0 Å². The summed E-state index contributed by atoms with van der Waals surface area (Å²) in [7, 11) is 1.73. The maximum Gasteiger partial charge on any atom is 0.295 e. The van der Waals surface area contributed by atoms with Crippen molar-refractivity contribution in [2.45, 2.75) is 6.10 Å². The van der Waals surface area contributed by atoms with Gasteiger partial charge in [0.1, 0.15) is 11.5 Å². The fraction of sp³-hybridized carbons (Fsp3) is 0.500. The molecule has 1 heterocycles. The third kappa shape index (κ3) is 3.44. The van der Waals surface area contributed by atoms with Crippen molar-refractivity contribution in [2.24, 2.45) is 0 Å². The summed E-state index contributed by atoms with van der Waals surface area (Å²) in [5, 5.41) is 14.2. The first kappa shape index (κ1) is 15.1. The van der Waals surface area contributed by atoms with Crippen LogP contribution in [0.2, 0.25) is 0 Å². The Morgan fingerprint density at radius 3 is 3.00 bits per heavy atom. The summed E-state index contributed by atoms with van der Waals surface area (Å²) in [5.74, 6) is -0.649. The molecule has 0 bridgehead atoms. The quantitative estimate of drug-likeness (QED) is 0.665. The number of morpholine rings is 1. The topological polar surface area (TPSA) is 67.6 Å².